The molecule has 0 aromatic heterocycles. The van der Waals surface area contributed by atoms with Crippen molar-refractivity contribution in [3.8, 4) is 0 Å². The zero-order valence-electron chi connectivity index (χ0n) is 11.6. The van der Waals surface area contributed by atoms with Gasteiger partial charge >= 0.3 is 11.9 Å². The lowest BCUT2D eigenvalue weighted by Crippen LogP contribution is -2.09. The number of carboxylic acid groups (broad SMARTS) is 1. The molecule has 19 heavy (non-hydrogen) atoms. The van der Waals surface area contributed by atoms with E-state index in [1.54, 1.807) is 37.3 Å². The Hall–Kier alpha value is -2.10. The van der Waals surface area contributed by atoms with Crippen molar-refractivity contribution >= 4 is 11.9 Å². The SMILES string of the molecule is C=C(C)C(=O)OCC(C)C.O=C(O)c1ccccc1. The van der Waals surface area contributed by atoms with Crippen molar-refractivity contribution in [1.82, 2.24) is 0 Å². The van der Waals surface area contributed by atoms with E-state index in [0.717, 1.165) is 0 Å². The van der Waals surface area contributed by atoms with Crippen molar-refractivity contribution in [3.63, 3.8) is 0 Å². The second-order valence-corrected chi connectivity index (χ2v) is 4.44. The topological polar surface area (TPSA) is 63.6 Å². The number of carbonyl (C=O) groups is 2. The number of aromatic carboxylic acids is 1. The van der Waals surface area contributed by atoms with Gasteiger partial charge in [-0.25, -0.2) is 9.59 Å². The molecule has 0 atom stereocenters. The monoisotopic (exact) mass is 264 g/mol. The number of benzene rings is 1. The average molecular weight is 264 g/mol. The zero-order valence-corrected chi connectivity index (χ0v) is 11.6. The molecule has 1 aromatic carbocycles. The number of carbonyl (C=O) groups excluding carboxylic acids is 1. The minimum Gasteiger partial charge on any atom is -0.478 e. The van der Waals surface area contributed by atoms with Crippen molar-refractivity contribution in [1.29, 1.82) is 0 Å². The van der Waals surface area contributed by atoms with Gasteiger partial charge in [-0.3, -0.25) is 0 Å². The number of hydrogen-bond acceptors (Lipinski definition) is 3. The highest BCUT2D eigenvalue weighted by Crippen LogP contribution is 1.97. The van der Waals surface area contributed by atoms with Crippen LogP contribution in [0, 0.1) is 5.92 Å². The molecule has 104 valence electrons. The third-order valence-corrected chi connectivity index (χ3v) is 1.92. The highest BCUT2D eigenvalue weighted by molar-refractivity contribution is 5.87. The highest BCUT2D eigenvalue weighted by Gasteiger charge is 2.03. The van der Waals surface area contributed by atoms with E-state index in [4.69, 9.17) is 9.84 Å². The van der Waals surface area contributed by atoms with E-state index in [0.29, 0.717) is 23.7 Å². The molecule has 1 rings (SSSR count). The van der Waals surface area contributed by atoms with Gasteiger partial charge in [0.25, 0.3) is 0 Å². The molecule has 1 aromatic rings. The van der Waals surface area contributed by atoms with Crippen LogP contribution < -0.4 is 0 Å². The quantitative estimate of drug-likeness (QED) is 0.670. The van der Waals surface area contributed by atoms with Gasteiger partial charge in [0.1, 0.15) is 0 Å². The molecule has 0 aliphatic heterocycles. The maximum atomic E-state index is 10.7. The Morgan fingerprint density at radius 2 is 1.79 bits per heavy atom. The van der Waals surface area contributed by atoms with Gasteiger partial charge in [-0.15, -0.1) is 0 Å². The molecule has 0 fully saturated rings. The lowest BCUT2D eigenvalue weighted by Gasteiger charge is -2.05. The zero-order chi connectivity index (χ0) is 14.8. The first-order chi connectivity index (χ1) is 8.84. The number of rotatable bonds is 4. The number of ether oxygens (including phenoxy) is 1. The second kappa shape index (κ2) is 8.91. The summed E-state index contributed by atoms with van der Waals surface area (Å²) in [5.41, 5.74) is 0.790. The van der Waals surface area contributed by atoms with Crippen LogP contribution in [0.3, 0.4) is 0 Å². The predicted molar refractivity (Wildman–Crippen MR) is 74.0 cm³/mol. The Morgan fingerprint density at radius 1 is 1.26 bits per heavy atom. The lowest BCUT2D eigenvalue weighted by molar-refractivity contribution is -0.139. The summed E-state index contributed by atoms with van der Waals surface area (Å²) in [6.07, 6.45) is 0. The van der Waals surface area contributed by atoms with Crippen LogP contribution in [0.5, 0.6) is 0 Å². The van der Waals surface area contributed by atoms with E-state index in [-0.39, 0.29) is 5.97 Å². The van der Waals surface area contributed by atoms with Crippen molar-refractivity contribution in [2.45, 2.75) is 20.8 Å². The van der Waals surface area contributed by atoms with Gasteiger partial charge in [-0.05, 0) is 25.0 Å². The third-order valence-electron chi connectivity index (χ3n) is 1.92. The van der Waals surface area contributed by atoms with Crippen LogP contribution in [0.4, 0.5) is 0 Å². The molecule has 0 radical (unpaired) electrons. The molecule has 0 bridgehead atoms. The lowest BCUT2D eigenvalue weighted by atomic mass is 10.2. The predicted octanol–water partition coefficient (Wildman–Crippen LogP) is 3.15. The molecule has 0 aliphatic rings. The largest absolute Gasteiger partial charge is 0.478 e. The highest BCUT2D eigenvalue weighted by atomic mass is 16.5. The minimum absolute atomic E-state index is 0.297. The van der Waals surface area contributed by atoms with Crippen LogP contribution in [-0.4, -0.2) is 23.7 Å². The summed E-state index contributed by atoms with van der Waals surface area (Å²) in [6, 6.07) is 8.30. The molecule has 1 N–H and O–H groups in total. The molecule has 0 heterocycles. The molecule has 0 amide bonds. The summed E-state index contributed by atoms with van der Waals surface area (Å²) in [5.74, 6) is -0.785. The molecule has 0 saturated carbocycles. The van der Waals surface area contributed by atoms with E-state index >= 15 is 0 Å². The van der Waals surface area contributed by atoms with Crippen molar-refractivity contribution in [3.05, 3.63) is 48.0 Å². The Labute approximate surface area is 113 Å². The van der Waals surface area contributed by atoms with Gasteiger partial charge in [0.2, 0.25) is 0 Å². The van der Waals surface area contributed by atoms with Gasteiger partial charge in [0, 0.05) is 5.57 Å². The molecule has 0 unspecified atom stereocenters. The first kappa shape index (κ1) is 16.9. The second-order valence-electron chi connectivity index (χ2n) is 4.44. The molecular formula is C15H20O4. The van der Waals surface area contributed by atoms with Crippen LogP contribution in [0.15, 0.2) is 42.5 Å². The first-order valence-electron chi connectivity index (χ1n) is 5.95. The maximum absolute atomic E-state index is 10.7. The number of carboxylic acids is 1. The van der Waals surface area contributed by atoms with Gasteiger partial charge in [-0.2, -0.15) is 0 Å². The summed E-state index contributed by atoms with van der Waals surface area (Å²) in [4.78, 5) is 20.9. The van der Waals surface area contributed by atoms with Crippen LogP contribution >= 0.6 is 0 Å². The fourth-order valence-corrected chi connectivity index (χ4v) is 0.946. The van der Waals surface area contributed by atoms with Crippen molar-refractivity contribution in [2.24, 2.45) is 5.92 Å². The summed E-state index contributed by atoms with van der Waals surface area (Å²) < 4.78 is 4.83. The summed E-state index contributed by atoms with van der Waals surface area (Å²) in [7, 11) is 0. The summed E-state index contributed by atoms with van der Waals surface area (Å²) in [6.45, 7) is 9.56. The van der Waals surface area contributed by atoms with E-state index < -0.39 is 5.97 Å². The van der Waals surface area contributed by atoms with Crippen LogP contribution in [0.1, 0.15) is 31.1 Å². The minimum atomic E-state index is -0.879. The van der Waals surface area contributed by atoms with E-state index in [1.165, 1.54) is 0 Å². The smallest absolute Gasteiger partial charge is 0.335 e. The molecule has 0 saturated heterocycles. The van der Waals surface area contributed by atoms with Crippen LogP contribution in [0.25, 0.3) is 0 Å². The summed E-state index contributed by atoms with van der Waals surface area (Å²) >= 11 is 0. The van der Waals surface area contributed by atoms with E-state index in [2.05, 4.69) is 6.58 Å². The van der Waals surface area contributed by atoms with Crippen LogP contribution in [0.2, 0.25) is 0 Å². The maximum Gasteiger partial charge on any atom is 0.335 e. The number of esters is 1. The first-order valence-corrected chi connectivity index (χ1v) is 5.95. The van der Waals surface area contributed by atoms with Gasteiger partial charge in [0.15, 0.2) is 0 Å². The Morgan fingerprint density at radius 3 is 2.11 bits per heavy atom. The van der Waals surface area contributed by atoms with Crippen molar-refractivity contribution < 1.29 is 19.4 Å². The fraction of sp³-hybridized carbons (Fsp3) is 0.333. The van der Waals surface area contributed by atoms with E-state index in [9.17, 15) is 9.59 Å². The van der Waals surface area contributed by atoms with E-state index in [1.807, 2.05) is 13.8 Å². The molecule has 0 spiro atoms. The standard InChI is InChI=1S/C8H14O2.C7H6O2/c1-6(2)5-10-8(9)7(3)4;8-7(9)6-4-2-1-3-5-6/h6H,3,5H2,1-2,4H3;1-5H,(H,8,9). The molecule has 4 heteroatoms. The van der Waals surface area contributed by atoms with Gasteiger partial charge in [0.05, 0.1) is 12.2 Å². The fourth-order valence-electron chi connectivity index (χ4n) is 0.946. The Balaban J connectivity index is 0.000000342. The Bertz CT molecular complexity index is 421. The molecule has 0 aliphatic carbocycles. The Kier molecular flexibility index (Phi) is 7.93. The van der Waals surface area contributed by atoms with Gasteiger partial charge < -0.3 is 9.84 Å². The number of hydrogen-bond donors (Lipinski definition) is 1. The van der Waals surface area contributed by atoms with Crippen molar-refractivity contribution in [2.75, 3.05) is 6.61 Å². The normalized spacial score (nSPS) is 9.26. The van der Waals surface area contributed by atoms with Crippen LogP contribution in [-0.2, 0) is 9.53 Å². The molecular weight excluding hydrogens is 244 g/mol. The average Bonchev–Trinajstić information content (AvgIpc) is 2.37. The summed E-state index contributed by atoms with van der Waals surface area (Å²) in [5, 5.41) is 8.38. The third kappa shape index (κ3) is 8.60. The van der Waals surface area contributed by atoms with Gasteiger partial charge in [-0.1, -0.05) is 38.6 Å². The molecule has 4 nitrogen and oxygen atoms in total.